The van der Waals surface area contributed by atoms with E-state index in [1.54, 1.807) is 0 Å². The van der Waals surface area contributed by atoms with E-state index in [1.807, 2.05) is 7.05 Å². The summed E-state index contributed by atoms with van der Waals surface area (Å²) in [5, 5.41) is 11.5. The first kappa shape index (κ1) is 10.4. The molecule has 0 unspecified atom stereocenters. The molecule has 0 radical (unpaired) electrons. The molecule has 0 fully saturated rings. The Morgan fingerprint density at radius 2 is 2.18 bits per heavy atom. The molecule has 0 saturated heterocycles. The predicted molar refractivity (Wildman–Crippen MR) is 46.3 cm³/mol. The summed E-state index contributed by atoms with van der Waals surface area (Å²) in [5.41, 5.74) is 0. The van der Waals surface area contributed by atoms with Crippen LogP contribution in [0.5, 0.6) is 0 Å². The average molecular weight is 155 g/mol. The van der Waals surface area contributed by atoms with E-state index in [2.05, 4.69) is 23.2 Å². The molecule has 0 amide bonds. The quantitative estimate of drug-likeness (QED) is 0.566. The summed E-state index contributed by atoms with van der Waals surface area (Å²) in [4.78, 5) is 2.16. The fourth-order valence-electron chi connectivity index (χ4n) is 0.799. The van der Waals surface area contributed by atoms with Gasteiger partial charge in [0.1, 0.15) is 0 Å². The second kappa shape index (κ2) is 7.52. The largest absolute Gasteiger partial charge is 0.316 e. The average Bonchev–Trinajstić information content (AvgIpc) is 2.01. The summed E-state index contributed by atoms with van der Waals surface area (Å²) in [6.07, 6.45) is 0.628. The summed E-state index contributed by atoms with van der Waals surface area (Å²) in [5.74, 6) is 0. The maximum Gasteiger partial charge on any atom is 0.0635 e. The lowest BCUT2D eigenvalue weighted by Crippen LogP contribution is -2.29. The van der Waals surface area contributed by atoms with Crippen molar-refractivity contribution in [3.8, 4) is 6.07 Å². The Morgan fingerprint density at radius 1 is 1.45 bits per heavy atom. The van der Waals surface area contributed by atoms with Gasteiger partial charge in [-0.25, -0.2) is 0 Å². The Hall–Kier alpha value is -0.590. The van der Waals surface area contributed by atoms with Crippen LogP contribution in [0.3, 0.4) is 0 Å². The van der Waals surface area contributed by atoms with Gasteiger partial charge in [0.2, 0.25) is 0 Å². The van der Waals surface area contributed by atoms with Crippen LogP contribution < -0.4 is 5.32 Å². The van der Waals surface area contributed by atoms with Crippen molar-refractivity contribution in [2.75, 3.05) is 33.2 Å². The number of hydrogen-bond acceptors (Lipinski definition) is 3. The minimum atomic E-state index is 0.628. The summed E-state index contributed by atoms with van der Waals surface area (Å²) in [6, 6.07) is 2.13. The van der Waals surface area contributed by atoms with Crippen LogP contribution in [0.2, 0.25) is 0 Å². The Morgan fingerprint density at radius 3 is 2.73 bits per heavy atom. The zero-order valence-corrected chi connectivity index (χ0v) is 7.43. The Balaban J connectivity index is 3.10. The molecule has 0 spiro atoms. The van der Waals surface area contributed by atoms with Gasteiger partial charge in [-0.1, -0.05) is 6.92 Å². The second-order valence-electron chi connectivity index (χ2n) is 2.56. The van der Waals surface area contributed by atoms with Crippen LogP contribution in [0.25, 0.3) is 0 Å². The minimum Gasteiger partial charge on any atom is -0.316 e. The molecule has 0 aromatic rings. The molecule has 0 atom stereocenters. The summed E-state index contributed by atoms with van der Waals surface area (Å²) < 4.78 is 0. The van der Waals surface area contributed by atoms with Gasteiger partial charge in [0, 0.05) is 26.1 Å². The number of nitrogens with zero attached hydrogens (tertiary/aromatic N) is 2. The highest BCUT2D eigenvalue weighted by Gasteiger charge is 1.94. The maximum absolute atomic E-state index is 8.29. The molecule has 0 aliphatic heterocycles. The molecule has 3 heteroatoms. The molecule has 0 aliphatic rings. The number of hydrogen-bond donors (Lipinski definition) is 1. The lowest BCUT2D eigenvalue weighted by Gasteiger charge is -2.14. The van der Waals surface area contributed by atoms with Crippen molar-refractivity contribution >= 4 is 0 Å². The van der Waals surface area contributed by atoms with Gasteiger partial charge in [-0.3, -0.25) is 0 Å². The molecular formula is C8H17N3. The first-order valence-corrected chi connectivity index (χ1v) is 4.07. The van der Waals surface area contributed by atoms with Crippen LogP contribution in [-0.2, 0) is 0 Å². The van der Waals surface area contributed by atoms with Crippen LogP contribution in [0, 0.1) is 11.3 Å². The van der Waals surface area contributed by atoms with Crippen molar-refractivity contribution < 1.29 is 0 Å². The van der Waals surface area contributed by atoms with Gasteiger partial charge < -0.3 is 10.2 Å². The summed E-state index contributed by atoms with van der Waals surface area (Å²) in [6.45, 7) is 6.03. The molecule has 0 saturated carbocycles. The molecule has 0 aromatic heterocycles. The molecule has 0 aliphatic carbocycles. The smallest absolute Gasteiger partial charge is 0.0635 e. The highest BCUT2D eigenvalue weighted by molar-refractivity contribution is 4.70. The van der Waals surface area contributed by atoms with Crippen LogP contribution in [0.1, 0.15) is 13.3 Å². The van der Waals surface area contributed by atoms with Crippen LogP contribution >= 0.6 is 0 Å². The van der Waals surface area contributed by atoms with E-state index in [-0.39, 0.29) is 0 Å². The third kappa shape index (κ3) is 7.31. The zero-order chi connectivity index (χ0) is 8.53. The maximum atomic E-state index is 8.29. The Kier molecular flexibility index (Phi) is 7.11. The van der Waals surface area contributed by atoms with E-state index in [1.165, 1.54) is 0 Å². The van der Waals surface area contributed by atoms with Crippen LogP contribution in [-0.4, -0.2) is 38.1 Å². The highest BCUT2D eigenvalue weighted by atomic mass is 15.1. The third-order valence-electron chi connectivity index (χ3n) is 1.53. The van der Waals surface area contributed by atoms with Crippen molar-refractivity contribution in [3.05, 3.63) is 0 Å². The minimum absolute atomic E-state index is 0.628. The molecule has 0 aromatic carbocycles. The van der Waals surface area contributed by atoms with Gasteiger partial charge in [-0.2, -0.15) is 5.26 Å². The number of rotatable bonds is 6. The van der Waals surface area contributed by atoms with Crippen molar-refractivity contribution in [1.29, 1.82) is 5.26 Å². The van der Waals surface area contributed by atoms with Gasteiger partial charge in [-0.15, -0.1) is 0 Å². The van der Waals surface area contributed by atoms with E-state index in [9.17, 15) is 0 Å². The molecule has 11 heavy (non-hydrogen) atoms. The highest BCUT2D eigenvalue weighted by Crippen LogP contribution is 1.83. The summed E-state index contributed by atoms with van der Waals surface area (Å²) in [7, 11) is 2.04. The fraction of sp³-hybridized carbons (Fsp3) is 0.875. The molecule has 1 N–H and O–H groups in total. The monoisotopic (exact) mass is 155 g/mol. The van der Waals surface area contributed by atoms with Crippen molar-refractivity contribution in [3.63, 3.8) is 0 Å². The molecule has 64 valence electrons. The van der Waals surface area contributed by atoms with E-state index in [0.29, 0.717) is 6.42 Å². The second-order valence-corrected chi connectivity index (χ2v) is 2.56. The third-order valence-corrected chi connectivity index (χ3v) is 1.53. The van der Waals surface area contributed by atoms with Gasteiger partial charge >= 0.3 is 0 Å². The van der Waals surface area contributed by atoms with Crippen molar-refractivity contribution in [2.24, 2.45) is 0 Å². The molecule has 0 bridgehead atoms. The SMILES string of the molecule is CCNCCN(C)CCC#N. The fourth-order valence-corrected chi connectivity index (χ4v) is 0.799. The first-order chi connectivity index (χ1) is 5.31. The van der Waals surface area contributed by atoms with Gasteiger partial charge in [0.25, 0.3) is 0 Å². The standard InChI is InChI=1S/C8H17N3/c1-3-10-6-8-11(2)7-4-5-9/h10H,3-4,6-8H2,1-2H3. The Labute approximate surface area is 69.0 Å². The normalized spacial score (nSPS) is 10.0. The van der Waals surface area contributed by atoms with Crippen molar-refractivity contribution in [2.45, 2.75) is 13.3 Å². The van der Waals surface area contributed by atoms with E-state index in [4.69, 9.17) is 5.26 Å². The Bertz CT molecular complexity index is 117. The van der Waals surface area contributed by atoms with Crippen LogP contribution in [0.4, 0.5) is 0 Å². The number of nitriles is 1. The van der Waals surface area contributed by atoms with Crippen molar-refractivity contribution in [1.82, 2.24) is 10.2 Å². The summed E-state index contributed by atoms with van der Waals surface area (Å²) >= 11 is 0. The molecular weight excluding hydrogens is 138 g/mol. The van der Waals surface area contributed by atoms with Crippen LogP contribution in [0.15, 0.2) is 0 Å². The van der Waals surface area contributed by atoms with Gasteiger partial charge in [0.15, 0.2) is 0 Å². The first-order valence-electron chi connectivity index (χ1n) is 4.07. The lowest BCUT2D eigenvalue weighted by atomic mass is 10.4. The molecule has 3 nitrogen and oxygen atoms in total. The lowest BCUT2D eigenvalue weighted by molar-refractivity contribution is 0.340. The topological polar surface area (TPSA) is 39.1 Å². The van der Waals surface area contributed by atoms with Gasteiger partial charge in [-0.05, 0) is 13.6 Å². The van der Waals surface area contributed by atoms with Gasteiger partial charge in [0.05, 0.1) is 6.07 Å². The van der Waals surface area contributed by atoms with E-state index < -0.39 is 0 Å². The number of nitrogens with one attached hydrogen (secondary N) is 1. The number of likely N-dealkylation sites (N-methyl/N-ethyl adjacent to an activating group) is 2. The molecule has 0 rings (SSSR count). The predicted octanol–water partition coefficient (Wildman–Crippen LogP) is 0.441. The van der Waals surface area contributed by atoms with E-state index >= 15 is 0 Å². The molecule has 0 heterocycles. The zero-order valence-electron chi connectivity index (χ0n) is 7.43. The van der Waals surface area contributed by atoms with E-state index in [0.717, 1.165) is 26.2 Å².